The number of rotatable bonds is 19. The summed E-state index contributed by atoms with van der Waals surface area (Å²) in [7, 11) is 110. The second-order valence-electron chi connectivity index (χ2n) is 21.5. The molecule has 340 valence electrons. The predicted molar refractivity (Wildman–Crippen MR) is 362 cm³/mol. The first-order valence-corrected chi connectivity index (χ1v) is 27.4. The first kappa shape index (κ1) is 69.1. The summed E-state index contributed by atoms with van der Waals surface area (Å²) in [5, 5.41) is 2.85. The Balaban J connectivity index is 0.000000252. The Morgan fingerprint density at radius 3 is 1.10 bits per heavy atom. The second kappa shape index (κ2) is 35.0. The average Bonchev–Trinajstić information content (AvgIpc) is 4.11. The molecule has 4 atom stereocenters. The van der Waals surface area contributed by atoms with Crippen molar-refractivity contribution >= 4 is 260 Å². The van der Waals surface area contributed by atoms with E-state index in [1.54, 1.807) is 4.90 Å². The van der Waals surface area contributed by atoms with Crippen molar-refractivity contribution in [3.63, 3.8) is 0 Å². The Labute approximate surface area is 499 Å². The maximum absolute atomic E-state index is 12.3. The zero-order chi connectivity index (χ0) is 57.8. The molecule has 1 N–H and O–H groups in total. The largest absolute Gasteiger partial charge is 0.445 e. The Bertz CT molecular complexity index is 1970. The summed E-state index contributed by atoms with van der Waals surface area (Å²) in [5.41, 5.74) is 2.02. The highest BCUT2D eigenvalue weighted by Crippen LogP contribution is 2.35. The van der Waals surface area contributed by atoms with Gasteiger partial charge in [-0.1, -0.05) is 73.5 Å². The lowest BCUT2D eigenvalue weighted by Gasteiger charge is -2.52. The number of nitrogens with one attached hydrogen (secondary N) is 1. The average molecular weight is 973 g/mol. The third-order valence-electron chi connectivity index (χ3n) is 15.8. The molecule has 5 saturated heterocycles. The van der Waals surface area contributed by atoms with Gasteiger partial charge < -0.3 is 24.4 Å². The van der Waals surface area contributed by atoms with Crippen LogP contribution in [0.4, 0.5) is 9.59 Å². The molecule has 4 unspecified atom stereocenters. The van der Waals surface area contributed by atoms with Crippen molar-refractivity contribution in [1.29, 1.82) is 0 Å². The molecule has 5 heterocycles. The van der Waals surface area contributed by atoms with E-state index in [9.17, 15) is 14.4 Å². The molecule has 7 rings (SSSR count). The van der Waals surface area contributed by atoms with Gasteiger partial charge in [-0.3, -0.25) is 9.69 Å². The van der Waals surface area contributed by atoms with E-state index in [1.807, 2.05) is 65.6 Å². The minimum absolute atomic E-state index is 0.00854. The van der Waals surface area contributed by atoms with Crippen LogP contribution in [0.15, 0.2) is 60.7 Å². The number of benzene rings is 2. The van der Waals surface area contributed by atoms with E-state index in [1.165, 1.54) is 25.7 Å². The molecule has 5 aliphatic rings. The SMILES string of the molecule is C1CCOC1.O=C(OCc1ccccc1)N1C2CCCCC1CC2.O=C1CC2CCC(CN1)N2C(=O)OCc1ccccc1.[B]B([B])B(B([B])[B])B(B([B])[B])B(B(B([B])[B])B([B])[B])B(B(B([B])[B])B([B])[B])B(B([B])[B])B([B])[B]. The van der Waals surface area contributed by atoms with Crippen LogP contribution in [-0.4, -0.2) is 313 Å². The molecule has 2 aromatic rings. The number of hydrogen-bond donors (Lipinski definition) is 1. The molecule has 3 amide bonds. The van der Waals surface area contributed by atoms with Crippen molar-refractivity contribution in [3.8, 4) is 0 Å². The van der Waals surface area contributed by atoms with Crippen LogP contribution in [0, 0.1) is 0 Å². The molecule has 0 aliphatic carbocycles. The van der Waals surface area contributed by atoms with E-state index in [0.29, 0.717) is 31.7 Å². The highest BCUT2D eigenvalue weighted by atomic mass is 16.6. The van der Waals surface area contributed by atoms with Crippen molar-refractivity contribution in [2.75, 3.05) is 19.8 Å². The zero-order valence-corrected chi connectivity index (χ0v) is 45.4. The summed E-state index contributed by atoms with van der Waals surface area (Å²) in [4.78, 5) is 39.9. The van der Waals surface area contributed by atoms with Crippen LogP contribution in [0.3, 0.4) is 0 Å². The number of ether oxygens (including phenoxy) is 3. The molecule has 5 aliphatic heterocycles. The fourth-order valence-electron chi connectivity index (χ4n) is 12.3. The van der Waals surface area contributed by atoms with Gasteiger partial charge in [0.1, 0.15) is 13.2 Å². The van der Waals surface area contributed by atoms with Crippen LogP contribution in [-0.2, 0) is 32.2 Å². The van der Waals surface area contributed by atoms with E-state index in [-0.39, 0.29) is 36.8 Å². The summed E-state index contributed by atoms with van der Waals surface area (Å²) in [6.45, 7) is 3.20. The summed E-state index contributed by atoms with van der Waals surface area (Å²) < 4.78 is 15.8. The van der Waals surface area contributed by atoms with E-state index in [4.69, 9.17) is 153 Å². The lowest BCUT2D eigenvalue weighted by Crippen LogP contribution is -2.90. The Morgan fingerprint density at radius 1 is 0.436 bits per heavy atom. The molecule has 78 heavy (non-hydrogen) atoms. The first-order valence-electron chi connectivity index (χ1n) is 27.4. The maximum Gasteiger partial charge on any atom is 0.410 e. The van der Waals surface area contributed by atoms with Gasteiger partial charge in [0.2, 0.25) is 5.91 Å². The molecule has 43 heteroatoms. The number of carbonyl (C=O) groups is 3. The van der Waals surface area contributed by atoms with Gasteiger partial charge in [0, 0.05) is 286 Å². The van der Waals surface area contributed by atoms with Gasteiger partial charge in [0.25, 0.3) is 0 Å². The van der Waals surface area contributed by atoms with Crippen molar-refractivity contribution in [2.24, 2.45) is 0 Å². The van der Waals surface area contributed by atoms with Crippen LogP contribution >= 0.6 is 0 Å². The van der Waals surface area contributed by atoms with E-state index >= 15 is 0 Å². The number of amides is 3. The predicted octanol–water partition coefficient (Wildman–Crippen LogP) is -6.74. The molecule has 0 aromatic heterocycles. The van der Waals surface area contributed by atoms with Gasteiger partial charge in [0.05, 0.1) is 6.04 Å². The molecular formula is C35H47B34N3O6. The Hall–Kier alpha value is -1.38. The third-order valence-corrected chi connectivity index (χ3v) is 15.8. The summed E-state index contributed by atoms with van der Waals surface area (Å²) >= 11 is 0. The zero-order valence-electron chi connectivity index (χ0n) is 45.4. The topological polar surface area (TPSA) is 97.4 Å². The monoisotopic (exact) mass is 980 g/mol. The number of hydrogen-bond acceptors (Lipinski definition) is 6. The van der Waals surface area contributed by atoms with Gasteiger partial charge in [0.15, 0.2) is 0 Å². The van der Waals surface area contributed by atoms with E-state index in [0.717, 1.165) is 62.9 Å². The standard InChI is InChI=1S/C16H21NO2.C15H18N2O3.C4H8O.B34/c18-16(19-12-13-6-2-1-3-7-13)17-14-8-4-5-9-15(17)11-10-14;18-14-8-12-6-7-13(9-16-14)17(12)15(19)20-10-11-4-2-1-3-5-11;1-2-4-5-3-1;1-19(2)28(20(3)4)32(27(17)18)34(31(25(13)14)26(15)16)33(29(21(5)6)22(7)8)30(23(9)10)24(11)12/h1-3,6-7,14-15H,4-5,8-12H2;1-5,12-13H,6-10H2,(H,16,18);1-4H2;. The Kier molecular flexibility index (Phi) is 31.0. The molecule has 5 fully saturated rings. The van der Waals surface area contributed by atoms with Crippen LogP contribution in [0.25, 0.3) is 0 Å². The minimum atomic E-state index is -1.16. The normalized spacial score (nSPS) is 18.4. The molecular weight excluding hydrogens is 926 g/mol. The lowest BCUT2D eigenvalue weighted by atomic mass is 8.29. The summed E-state index contributed by atoms with van der Waals surface area (Å²) in [5.74, 6) is 0.0260. The molecule has 9 nitrogen and oxygen atoms in total. The first-order chi connectivity index (χ1) is 37.0. The van der Waals surface area contributed by atoms with Crippen molar-refractivity contribution in [1.82, 2.24) is 15.1 Å². The van der Waals surface area contributed by atoms with E-state index in [2.05, 4.69) is 5.32 Å². The molecule has 2 aromatic carbocycles. The number of fused-ring (bicyclic) bond motifs is 4. The van der Waals surface area contributed by atoms with Crippen LogP contribution in [0.5, 0.6) is 0 Å². The van der Waals surface area contributed by atoms with Crippen LogP contribution in [0.2, 0.25) is 0 Å². The van der Waals surface area contributed by atoms with Gasteiger partial charge in [-0.25, -0.2) is 9.59 Å². The fourth-order valence-corrected chi connectivity index (χ4v) is 12.3. The maximum atomic E-state index is 12.3. The van der Waals surface area contributed by atoms with Gasteiger partial charge in [-0.2, -0.15) is 0 Å². The van der Waals surface area contributed by atoms with Crippen molar-refractivity contribution in [3.05, 3.63) is 71.8 Å². The van der Waals surface area contributed by atoms with Gasteiger partial charge in [-0.05, 0) is 62.5 Å². The number of carbonyl (C=O) groups excluding carboxylic acids is 3. The Morgan fingerprint density at radius 2 is 0.756 bits per heavy atom. The number of nitrogens with zero attached hydrogens (tertiary/aromatic N) is 2. The van der Waals surface area contributed by atoms with E-state index < -0.39 is 102 Å². The minimum Gasteiger partial charge on any atom is -0.445 e. The molecule has 4 bridgehead atoms. The van der Waals surface area contributed by atoms with Crippen molar-refractivity contribution < 1.29 is 28.6 Å². The van der Waals surface area contributed by atoms with Crippen molar-refractivity contribution in [2.45, 2.75) is 108 Å². The van der Waals surface area contributed by atoms with Gasteiger partial charge in [-0.15, -0.1) is 0 Å². The quantitative estimate of drug-likeness (QED) is 0.141. The van der Waals surface area contributed by atoms with Gasteiger partial charge >= 0.3 is 12.2 Å². The fraction of sp³-hybridized carbons (Fsp3) is 0.571. The molecule has 0 spiro atoms. The molecule has 0 saturated carbocycles. The van der Waals surface area contributed by atoms with Crippen LogP contribution in [0.1, 0.15) is 81.8 Å². The third kappa shape index (κ3) is 20.7. The van der Waals surface area contributed by atoms with Crippen LogP contribution < -0.4 is 5.32 Å². The highest BCUT2D eigenvalue weighted by Gasteiger charge is 2.54. The highest BCUT2D eigenvalue weighted by molar-refractivity contribution is 8.29. The summed E-state index contributed by atoms with van der Waals surface area (Å²) in [6.07, 6.45) is -5.23. The lowest BCUT2D eigenvalue weighted by molar-refractivity contribution is -0.121. The second-order valence-corrected chi connectivity index (χ2v) is 21.5. The summed E-state index contributed by atoms with van der Waals surface area (Å²) in [6, 6.07) is 20.4. The molecule has 36 radical (unpaired) electrons. The smallest absolute Gasteiger partial charge is 0.410 e.